The summed E-state index contributed by atoms with van der Waals surface area (Å²) < 4.78 is 0. The number of benzene rings is 2. The number of anilines is 2. The van der Waals surface area contributed by atoms with E-state index in [4.69, 9.17) is 0 Å². The number of hydrogen-bond donors (Lipinski definition) is 0. The Morgan fingerprint density at radius 2 is 0.643 bits per heavy atom. The molecular weight excluding hydrogens is 524 g/mol. The van der Waals surface area contributed by atoms with Crippen LogP contribution in [0.3, 0.4) is 0 Å². The highest BCUT2D eigenvalue weighted by molar-refractivity contribution is 6.03. The predicted octanol–water partition coefficient (Wildman–Crippen LogP) is 4.81. The van der Waals surface area contributed by atoms with Gasteiger partial charge in [-0.15, -0.1) is 0 Å². The Morgan fingerprint density at radius 3 is 0.833 bits per heavy atom. The van der Waals surface area contributed by atoms with Crippen LogP contribution in [0.15, 0.2) is 82.0 Å². The quantitative estimate of drug-likeness (QED) is 0.344. The molecule has 2 aromatic rings. The summed E-state index contributed by atoms with van der Waals surface area (Å²) in [5.41, 5.74) is -1.71. The third kappa shape index (κ3) is 6.31. The van der Waals surface area contributed by atoms with Crippen LogP contribution in [0.5, 0.6) is 0 Å². The third-order valence-corrected chi connectivity index (χ3v) is 5.99. The lowest BCUT2D eigenvalue weighted by molar-refractivity contribution is 1.13. The van der Waals surface area contributed by atoms with Gasteiger partial charge in [-0.25, -0.2) is 0 Å². The fourth-order valence-corrected chi connectivity index (χ4v) is 3.98. The second-order valence-electron chi connectivity index (χ2n) is 8.78. The summed E-state index contributed by atoms with van der Waals surface area (Å²) in [5, 5.41) is 80.0. The van der Waals surface area contributed by atoms with Crippen LogP contribution in [0.4, 0.5) is 11.4 Å². The molecule has 198 valence electrons. The van der Waals surface area contributed by atoms with Gasteiger partial charge in [0, 0.05) is 61.9 Å². The zero-order valence-corrected chi connectivity index (χ0v) is 23.1. The van der Waals surface area contributed by atoms with Crippen molar-refractivity contribution in [3.8, 4) is 48.6 Å². The van der Waals surface area contributed by atoms with E-state index in [9.17, 15) is 42.1 Å². The molecule has 10 nitrogen and oxygen atoms in total. The summed E-state index contributed by atoms with van der Waals surface area (Å²) in [6, 6.07) is 26.9. The number of allylic oxidation sites excluding steroid dienone is 8. The topological polar surface area (TPSA) is 197 Å². The van der Waals surface area contributed by atoms with E-state index in [-0.39, 0.29) is 22.3 Å². The summed E-state index contributed by atoms with van der Waals surface area (Å²) in [5.74, 6) is 0. The van der Waals surface area contributed by atoms with Crippen molar-refractivity contribution in [2.45, 2.75) is 0 Å². The number of nitrogens with zero attached hydrogens (tertiary/aromatic N) is 10. The molecule has 0 spiro atoms. The molecular formula is C32H20N10. The average molecular weight is 545 g/mol. The van der Waals surface area contributed by atoms with E-state index in [1.54, 1.807) is 135 Å². The van der Waals surface area contributed by atoms with Crippen LogP contribution < -0.4 is 9.80 Å². The van der Waals surface area contributed by atoms with Crippen molar-refractivity contribution < 1.29 is 0 Å². The molecule has 0 saturated heterocycles. The Balaban J connectivity index is 3.34. The minimum absolute atomic E-state index is 0.210. The molecule has 0 saturated carbocycles. The second-order valence-corrected chi connectivity index (χ2v) is 8.78. The van der Waals surface area contributed by atoms with Crippen molar-refractivity contribution in [3.05, 3.63) is 93.1 Å². The van der Waals surface area contributed by atoms with Crippen molar-refractivity contribution in [2.75, 3.05) is 38.0 Å². The van der Waals surface area contributed by atoms with Crippen LogP contribution in [0.2, 0.25) is 0 Å². The molecule has 0 aliphatic carbocycles. The zero-order chi connectivity index (χ0) is 31.4. The molecule has 0 aromatic heterocycles. The largest absolute Gasteiger partial charge is 0.378 e. The van der Waals surface area contributed by atoms with Crippen molar-refractivity contribution in [1.82, 2.24) is 0 Å². The number of hydrogen-bond acceptors (Lipinski definition) is 10. The fraction of sp³-hybridized carbons (Fsp3) is 0.125. The monoisotopic (exact) mass is 544 g/mol. The van der Waals surface area contributed by atoms with Gasteiger partial charge in [0.05, 0.1) is 0 Å². The highest BCUT2D eigenvalue weighted by Crippen LogP contribution is 2.43. The van der Waals surface area contributed by atoms with E-state index in [1.165, 1.54) is 0 Å². The molecule has 0 radical (unpaired) electrons. The first-order valence-corrected chi connectivity index (χ1v) is 11.9. The molecule has 0 N–H and O–H groups in total. The molecule has 0 amide bonds. The smallest absolute Gasteiger partial charge is 0.138 e. The van der Waals surface area contributed by atoms with Crippen molar-refractivity contribution in [1.29, 1.82) is 42.1 Å². The molecule has 42 heavy (non-hydrogen) atoms. The van der Waals surface area contributed by atoms with Gasteiger partial charge in [-0.1, -0.05) is 24.3 Å². The minimum atomic E-state index is -0.652. The lowest BCUT2D eigenvalue weighted by Crippen LogP contribution is -2.10. The van der Waals surface area contributed by atoms with E-state index in [0.29, 0.717) is 0 Å². The average Bonchev–Trinajstić information content (AvgIpc) is 3.01. The van der Waals surface area contributed by atoms with Gasteiger partial charge in [-0.05, 0) is 35.4 Å². The Morgan fingerprint density at radius 1 is 0.405 bits per heavy atom. The van der Waals surface area contributed by atoms with Gasteiger partial charge < -0.3 is 9.80 Å². The Kier molecular flexibility index (Phi) is 10.5. The Bertz CT molecular complexity index is 1670. The summed E-state index contributed by atoms with van der Waals surface area (Å²) in [6.45, 7) is 0. The first kappa shape index (κ1) is 31.1. The van der Waals surface area contributed by atoms with E-state index in [0.717, 1.165) is 11.4 Å². The van der Waals surface area contributed by atoms with Crippen LogP contribution in [0, 0.1) is 90.6 Å². The SMILES string of the molecule is CN(C)c1ccc(C(=C(C#N)C#N)C(=C(C#N)C#N)C(=C(C#N)C#N)C(=C(C#N)C#N)c2ccc(N(C)C)cc2)cc1. The number of nitriles is 8. The third-order valence-electron chi connectivity index (χ3n) is 5.99. The predicted molar refractivity (Wildman–Crippen MR) is 154 cm³/mol. The van der Waals surface area contributed by atoms with Crippen molar-refractivity contribution >= 4 is 22.5 Å². The lowest BCUT2D eigenvalue weighted by Gasteiger charge is -2.21. The van der Waals surface area contributed by atoms with Crippen molar-refractivity contribution in [3.63, 3.8) is 0 Å². The maximum absolute atomic E-state index is 10.0. The molecule has 2 rings (SSSR count). The summed E-state index contributed by atoms with van der Waals surface area (Å²) in [4.78, 5) is 3.60. The molecule has 0 fully saturated rings. The maximum Gasteiger partial charge on any atom is 0.138 e. The van der Waals surface area contributed by atoms with Crippen LogP contribution in [0.1, 0.15) is 11.1 Å². The van der Waals surface area contributed by atoms with Gasteiger partial charge in [0.2, 0.25) is 0 Å². The standard InChI is InChI=1S/C32H20N10/c1-41(2)27-9-5-21(6-10-27)29(23(13-33)14-34)31(25(17-37)18-38)32(26(19-39)20-40)30(24(15-35)16-36)22-7-11-28(12-8-22)42(3)4/h5-12H,1-4H3. The van der Waals surface area contributed by atoms with Gasteiger partial charge in [-0.2, -0.15) is 42.1 Å². The Hall–Kier alpha value is -7.08. The minimum Gasteiger partial charge on any atom is -0.378 e. The van der Waals surface area contributed by atoms with Gasteiger partial charge >= 0.3 is 0 Å². The van der Waals surface area contributed by atoms with E-state index < -0.39 is 33.4 Å². The molecule has 0 aliphatic heterocycles. The lowest BCUT2D eigenvalue weighted by atomic mass is 9.78. The molecule has 0 bridgehead atoms. The van der Waals surface area contributed by atoms with Gasteiger partial charge in [0.15, 0.2) is 0 Å². The van der Waals surface area contributed by atoms with Gasteiger partial charge in [0.1, 0.15) is 70.8 Å². The van der Waals surface area contributed by atoms with Gasteiger partial charge in [0.25, 0.3) is 0 Å². The normalized spacial score (nSPS) is 8.76. The van der Waals surface area contributed by atoms with Crippen LogP contribution in [-0.2, 0) is 0 Å². The molecule has 10 heteroatoms. The summed E-state index contributed by atoms with van der Waals surface area (Å²) in [7, 11) is 7.20. The first-order valence-electron chi connectivity index (χ1n) is 11.9. The molecule has 0 unspecified atom stereocenters. The highest BCUT2D eigenvalue weighted by Gasteiger charge is 2.30. The number of rotatable bonds is 7. The first-order chi connectivity index (χ1) is 20.2. The summed E-state index contributed by atoms with van der Waals surface area (Å²) >= 11 is 0. The highest BCUT2D eigenvalue weighted by atomic mass is 15.1. The van der Waals surface area contributed by atoms with Crippen LogP contribution in [-0.4, -0.2) is 28.2 Å². The second kappa shape index (κ2) is 14.2. The van der Waals surface area contributed by atoms with Crippen LogP contribution >= 0.6 is 0 Å². The van der Waals surface area contributed by atoms with E-state index >= 15 is 0 Å². The van der Waals surface area contributed by atoms with E-state index in [1.807, 2.05) is 0 Å². The van der Waals surface area contributed by atoms with Gasteiger partial charge in [-0.3, -0.25) is 0 Å². The van der Waals surface area contributed by atoms with Crippen LogP contribution in [0.25, 0.3) is 11.1 Å². The fourth-order valence-electron chi connectivity index (χ4n) is 3.98. The van der Waals surface area contributed by atoms with E-state index in [2.05, 4.69) is 0 Å². The van der Waals surface area contributed by atoms with Crippen molar-refractivity contribution in [2.24, 2.45) is 0 Å². The molecule has 0 aliphatic rings. The zero-order valence-electron chi connectivity index (χ0n) is 23.1. The maximum atomic E-state index is 10.0. The molecule has 0 atom stereocenters. The molecule has 2 aromatic carbocycles. The summed E-state index contributed by atoms with van der Waals surface area (Å²) in [6.07, 6.45) is 0. The molecule has 0 heterocycles. The Labute approximate surface area is 244 Å².